The second-order valence-corrected chi connectivity index (χ2v) is 6.61. The van der Waals surface area contributed by atoms with Gasteiger partial charge in [-0.25, -0.2) is 9.18 Å². The predicted octanol–water partition coefficient (Wildman–Crippen LogP) is 2.65. The van der Waals surface area contributed by atoms with E-state index in [0.717, 1.165) is 36.1 Å². The third-order valence-corrected chi connectivity index (χ3v) is 4.57. The van der Waals surface area contributed by atoms with Gasteiger partial charge in [0.2, 0.25) is 0 Å². The number of rotatable bonds is 6. The Balaban J connectivity index is 1.78. The lowest BCUT2D eigenvalue weighted by Gasteiger charge is -2.13. The highest BCUT2D eigenvalue weighted by Gasteiger charge is 2.22. The van der Waals surface area contributed by atoms with Gasteiger partial charge in [0, 0.05) is 18.8 Å². The molecule has 0 spiro atoms. The third-order valence-electron chi connectivity index (χ3n) is 3.97. The van der Waals surface area contributed by atoms with Crippen molar-refractivity contribution in [2.24, 2.45) is 5.92 Å². The zero-order chi connectivity index (χ0) is 15.9. The number of nitrogens with one attached hydrogen (secondary N) is 2. The number of halogens is 1. The lowest BCUT2D eigenvalue weighted by molar-refractivity contribution is 0.177. The number of aliphatic hydroxyl groups is 1. The number of benzene rings is 1. The largest absolute Gasteiger partial charge is 0.393 e. The molecule has 3 N–H and O–H groups in total. The van der Waals surface area contributed by atoms with Gasteiger partial charge in [-0.1, -0.05) is 6.07 Å². The summed E-state index contributed by atoms with van der Waals surface area (Å²) in [5.74, 6) is 0.826. The molecule has 0 radical (unpaired) electrons. The van der Waals surface area contributed by atoms with E-state index in [1.807, 2.05) is 6.26 Å². The fourth-order valence-electron chi connectivity index (χ4n) is 2.77. The van der Waals surface area contributed by atoms with Crippen molar-refractivity contribution in [1.82, 2.24) is 10.6 Å². The molecular weight excluding hydrogens is 303 g/mol. The molecule has 2 atom stereocenters. The Kier molecular flexibility index (Phi) is 6.51. The summed E-state index contributed by atoms with van der Waals surface area (Å²) in [6.45, 7) is 0.972. The lowest BCUT2D eigenvalue weighted by Crippen LogP contribution is -2.37. The smallest absolute Gasteiger partial charge is 0.315 e. The molecule has 4 nitrogen and oxygen atoms in total. The van der Waals surface area contributed by atoms with E-state index >= 15 is 0 Å². The molecule has 2 rings (SSSR count). The number of hydrogen-bond donors (Lipinski definition) is 3. The molecule has 22 heavy (non-hydrogen) atoms. The molecule has 1 fully saturated rings. The summed E-state index contributed by atoms with van der Waals surface area (Å²) in [5.41, 5.74) is 1.84. The zero-order valence-corrected chi connectivity index (χ0v) is 13.6. The highest BCUT2D eigenvalue weighted by Crippen LogP contribution is 2.24. The SMILES string of the molecule is CSCc1cc(F)ccc1CNC(=O)NC[C@@H]1CC[C@H](O)C1. The van der Waals surface area contributed by atoms with Crippen LogP contribution in [0.3, 0.4) is 0 Å². The first-order valence-corrected chi connectivity index (χ1v) is 8.94. The van der Waals surface area contributed by atoms with Gasteiger partial charge in [-0.2, -0.15) is 11.8 Å². The van der Waals surface area contributed by atoms with Gasteiger partial charge in [-0.15, -0.1) is 0 Å². The van der Waals surface area contributed by atoms with Crippen LogP contribution in [0.1, 0.15) is 30.4 Å². The van der Waals surface area contributed by atoms with E-state index in [4.69, 9.17) is 0 Å². The van der Waals surface area contributed by atoms with E-state index in [9.17, 15) is 14.3 Å². The summed E-state index contributed by atoms with van der Waals surface area (Å²) in [6.07, 6.45) is 4.28. The van der Waals surface area contributed by atoms with Crippen molar-refractivity contribution in [2.45, 2.75) is 37.7 Å². The van der Waals surface area contributed by atoms with E-state index in [0.29, 0.717) is 19.0 Å². The predicted molar refractivity (Wildman–Crippen MR) is 87.2 cm³/mol. The molecule has 1 saturated carbocycles. The van der Waals surface area contributed by atoms with Crippen LogP contribution in [0.5, 0.6) is 0 Å². The number of amides is 2. The van der Waals surface area contributed by atoms with E-state index in [1.165, 1.54) is 12.1 Å². The molecule has 1 aromatic carbocycles. The van der Waals surface area contributed by atoms with Gasteiger partial charge in [0.15, 0.2) is 0 Å². The molecule has 6 heteroatoms. The van der Waals surface area contributed by atoms with Crippen molar-refractivity contribution < 1.29 is 14.3 Å². The van der Waals surface area contributed by atoms with Crippen LogP contribution in [0.4, 0.5) is 9.18 Å². The second kappa shape index (κ2) is 8.39. The first-order valence-electron chi connectivity index (χ1n) is 7.54. The quantitative estimate of drug-likeness (QED) is 0.753. The van der Waals surface area contributed by atoms with E-state index in [1.54, 1.807) is 17.8 Å². The van der Waals surface area contributed by atoms with Gasteiger partial charge in [0.1, 0.15) is 5.82 Å². The minimum atomic E-state index is -0.253. The topological polar surface area (TPSA) is 61.4 Å². The van der Waals surface area contributed by atoms with Gasteiger partial charge >= 0.3 is 6.03 Å². The summed E-state index contributed by atoms with van der Waals surface area (Å²) in [6, 6.07) is 4.43. The molecule has 0 unspecified atom stereocenters. The Labute approximate surface area is 134 Å². The van der Waals surface area contributed by atoms with Crippen molar-refractivity contribution in [3.63, 3.8) is 0 Å². The van der Waals surface area contributed by atoms with Crippen LogP contribution >= 0.6 is 11.8 Å². The van der Waals surface area contributed by atoms with Crippen LogP contribution in [0.2, 0.25) is 0 Å². The number of urea groups is 1. The molecule has 0 bridgehead atoms. The third kappa shape index (κ3) is 5.18. The number of thioether (sulfide) groups is 1. The highest BCUT2D eigenvalue weighted by molar-refractivity contribution is 7.97. The van der Waals surface area contributed by atoms with Crippen LogP contribution in [0.25, 0.3) is 0 Å². The van der Waals surface area contributed by atoms with Crippen molar-refractivity contribution in [3.8, 4) is 0 Å². The van der Waals surface area contributed by atoms with Crippen molar-refractivity contribution in [3.05, 3.63) is 35.1 Å². The number of carbonyl (C=O) groups is 1. The van der Waals surface area contributed by atoms with Crippen molar-refractivity contribution in [1.29, 1.82) is 0 Å². The van der Waals surface area contributed by atoms with E-state index < -0.39 is 0 Å². The molecule has 0 saturated heterocycles. The average Bonchev–Trinajstić information content (AvgIpc) is 2.90. The highest BCUT2D eigenvalue weighted by atomic mass is 32.2. The van der Waals surface area contributed by atoms with Gasteiger partial charge in [-0.3, -0.25) is 0 Å². The minimum Gasteiger partial charge on any atom is -0.393 e. The maximum atomic E-state index is 13.3. The van der Waals surface area contributed by atoms with Crippen LogP contribution in [-0.4, -0.2) is 30.0 Å². The van der Waals surface area contributed by atoms with E-state index in [2.05, 4.69) is 10.6 Å². The minimum absolute atomic E-state index is 0.219. The molecule has 1 aromatic rings. The summed E-state index contributed by atoms with van der Waals surface area (Å²) in [5, 5.41) is 15.1. The maximum absolute atomic E-state index is 13.3. The Morgan fingerprint density at radius 2 is 2.18 bits per heavy atom. The van der Waals surface area contributed by atoms with Gasteiger partial charge in [-0.05, 0) is 54.7 Å². The monoisotopic (exact) mass is 326 g/mol. The second-order valence-electron chi connectivity index (χ2n) is 5.74. The fraction of sp³-hybridized carbons (Fsp3) is 0.562. The molecule has 0 aromatic heterocycles. The Morgan fingerprint density at radius 1 is 1.36 bits per heavy atom. The normalized spacial score (nSPS) is 20.9. The summed E-state index contributed by atoms with van der Waals surface area (Å²) < 4.78 is 13.3. The number of hydrogen-bond acceptors (Lipinski definition) is 3. The Morgan fingerprint density at radius 3 is 2.86 bits per heavy atom. The maximum Gasteiger partial charge on any atom is 0.315 e. The summed E-state index contributed by atoms with van der Waals surface area (Å²) in [4.78, 5) is 11.8. The average molecular weight is 326 g/mol. The zero-order valence-electron chi connectivity index (χ0n) is 12.8. The van der Waals surface area contributed by atoms with Crippen LogP contribution in [-0.2, 0) is 12.3 Å². The van der Waals surface area contributed by atoms with Gasteiger partial charge in [0.05, 0.1) is 6.10 Å². The first-order chi connectivity index (χ1) is 10.6. The molecule has 1 aliphatic rings. The lowest BCUT2D eigenvalue weighted by atomic mass is 10.1. The molecule has 0 aliphatic heterocycles. The number of aliphatic hydroxyl groups excluding tert-OH is 1. The van der Waals surface area contributed by atoms with Crippen molar-refractivity contribution >= 4 is 17.8 Å². The van der Waals surface area contributed by atoms with Crippen LogP contribution in [0, 0.1) is 11.7 Å². The molecule has 1 aliphatic carbocycles. The van der Waals surface area contributed by atoms with Crippen LogP contribution in [0.15, 0.2) is 18.2 Å². The fourth-order valence-corrected chi connectivity index (χ4v) is 3.35. The number of carbonyl (C=O) groups excluding carboxylic acids is 1. The molecular formula is C16H23FN2O2S. The first kappa shape index (κ1) is 17.1. The summed E-state index contributed by atoms with van der Waals surface area (Å²) in [7, 11) is 0. The molecule has 122 valence electrons. The molecule has 0 heterocycles. The van der Waals surface area contributed by atoms with Crippen LogP contribution < -0.4 is 10.6 Å². The molecule has 2 amide bonds. The Hall–Kier alpha value is -1.27. The standard InChI is InChI=1S/C16H23FN2O2S/c1-22-10-13-7-14(17)4-3-12(13)9-19-16(21)18-8-11-2-5-15(20)6-11/h3-4,7,11,15,20H,2,5-6,8-10H2,1H3,(H2,18,19,21)/t11-,15+/m1/s1. The summed E-state index contributed by atoms with van der Waals surface area (Å²) >= 11 is 1.62. The van der Waals surface area contributed by atoms with Gasteiger partial charge in [0.25, 0.3) is 0 Å². The van der Waals surface area contributed by atoms with E-state index in [-0.39, 0.29) is 18.0 Å². The van der Waals surface area contributed by atoms with Gasteiger partial charge < -0.3 is 15.7 Å². The Bertz CT molecular complexity index is 513. The van der Waals surface area contributed by atoms with Crippen molar-refractivity contribution in [2.75, 3.05) is 12.8 Å².